The molecule has 118 valence electrons. The summed E-state index contributed by atoms with van der Waals surface area (Å²) in [5.41, 5.74) is 0.670. The van der Waals surface area contributed by atoms with Crippen LogP contribution in [0.15, 0.2) is 77.6 Å². The standard InChI is InChI=1S/C18H12FN3O2/c19-14-9-4-5-10-15(14)24-17-12-6-11-16-20-22(18(23)21(16)17)13-7-2-1-3-8-13/h1-12H. The third-order valence-corrected chi connectivity index (χ3v) is 3.56. The maximum Gasteiger partial charge on any atom is 0.358 e. The number of halogens is 1. The predicted octanol–water partition coefficient (Wildman–Crippen LogP) is 3.42. The quantitative estimate of drug-likeness (QED) is 0.581. The number of ether oxygens (including phenoxy) is 1. The number of aromatic nitrogens is 3. The first-order chi connectivity index (χ1) is 11.7. The average Bonchev–Trinajstić information content (AvgIpc) is 2.96. The Balaban J connectivity index is 1.88. The Bertz CT molecular complexity index is 1070. The fourth-order valence-electron chi connectivity index (χ4n) is 2.45. The fraction of sp³-hybridized carbons (Fsp3) is 0. The van der Waals surface area contributed by atoms with Crippen LogP contribution in [0.3, 0.4) is 0 Å². The highest BCUT2D eigenvalue weighted by atomic mass is 19.1. The Kier molecular flexibility index (Phi) is 3.35. The van der Waals surface area contributed by atoms with Crippen molar-refractivity contribution in [1.82, 2.24) is 14.2 Å². The van der Waals surface area contributed by atoms with Gasteiger partial charge in [-0.1, -0.05) is 36.4 Å². The highest BCUT2D eigenvalue weighted by Gasteiger charge is 2.14. The summed E-state index contributed by atoms with van der Waals surface area (Å²) in [7, 11) is 0. The molecule has 2 heterocycles. The van der Waals surface area contributed by atoms with Crippen molar-refractivity contribution >= 4 is 5.65 Å². The van der Waals surface area contributed by atoms with Crippen LogP contribution >= 0.6 is 0 Å². The molecular formula is C18H12FN3O2. The molecule has 2 aromatic carbocycles. The largest absolute Gasteiger partial charge is 0.437 e. The molecule has 0 aliphatic carbocycles. The molecule has 0 aliphatic rings. The number of hydrogen-bond acceptors (Lipinski definition) is 3. The Morgan fingerprint density at radius 3 is 2.42 bits per heavy atom. The molecule has 0 saturated heterocycles. The second-order valence-corrected chi connectivity index (χ2v) is 5.12. The summed E-state index contributed by atoms with van der Waals surface area (Å²) in [6.45, 7) is 0. The van der Waals surface area contributed by atoms with Crippen LogP contribution in [0.25, 0.3) is 11.3 Å². The predicted molar refractivity (Wildman–Crippen MR) is 87.3 cm³/mol. The molecule has 2 aromatic heterocycles. The molecule has 0 aliphatic heterocycles. The lowest BCUT2D eigenvalue weighted by molar-refractivity contribution is 0.420. The molecule has 0 fully saturated rings. The number of nitrogens with zero attached hydrogens (tertiary/aromatic N) is 3. The van der Waals surface area contributed by atoms with Crippen LogP contribution in [-0.2, 0) is 0 Å². The first kappa shape index (κ1) is 14.2. The molecule has 4 aromatic rings. The Labute approximate surface area is 136 Å². The van der Waals surface area contributed by atoms with Crippen molar-refractivity contribution < 1.29 is 9.13 Å². The van der Waals surface area contributed by atoms with Gasteiger partial charge in [0, 0.05) is 0 Å². The van der Waals surface area contributed by atoms with Crippen LogP contribution in [0, 0.1) is 5.82 Å². The van der Waals surface area contributed by atoms with Gasteiger partial charge in [-0.3, -0.25) is 0 Å². The molecule has 24 heavy (non-hydrogen) atoms. The van der Waals surface area contributed by atoms with Crippen molar-refractivity contribution in [3.05, 3.63) is 89.1 Å². The van der Waals surface area contributed by atoms with Crippen molar-refractivity contribution in [3.63, 3.8) is 0 Å². The summed E-state index contributed by atoms with van der Waals surface area (Å²) in [5.74, 6) is -0.257. The van der Waals surface area contributed by atoms with Crippen LogP contribution < -0.4 is 10.4 Å². The van der Waals surface area contributed by atoms with Crippen LogP contribution in [0.1, 0.15) is 0 Å². The highest BCUT2D eigenvalue weighted by Crippen LogP contribution is 2.23. The fourth-order valence-corrected chi connectivity index (χ4v) is 2.45. The Hall–Kier alpha value is -3.41. The average molecular weight is 321 g/mol. The zero-order valence-corrected chi connectivity index (χ0v) is 12.5. The molecule has 0 N–H and O–H groups in total. The van der Waals surface area contributed by atoms with E-state index < -0.39 is 5.82 Å². The minimum Gasteiger partial charge on any atom is -0.437 e. The number of hydrogen-bond donors (Lipinski definition) is 0. The molecule has 4 rings (SSSR count). The van der Waals surface area contributed by atoms with E-state index in [0.717, 1.165) is 0 Å². The summed E-state index contributed by atoms with van der Waals surface area (Å²) in [6, 6.07) is 20.1. The van der Waals surface area contributed by atoms with Crippen molar-refractivity contribution in [2.45, 2.75) is 0 Å². The Morgan fingerprint density at radius 1 is 0.875 bits per heavy atom. The van der Waals surface area contributed by atoms with Crippen molar-refractivity contribution in [2.24, 2.45) is 0 Å². The second-order valence-electron chi connectivity index (χ2n) is 5.12. The SMILES string of the molecule is O=c1n(-c2ccccc2)nc2cccc(Oc3ccccc3F)n12. The topological polar surface area (TPSA) is 48.5 Å². The smallest absolute Gasteiger partial charge is 0.358 e. The van der Waals surface area contributed by atoms with Crippen molar-refractivity contribution in [1.29, 1.82) is 0 Å². The molecule has 0 radical (unpaired) electrons. The molecule has 5 nitrogen and oxygen atoms in total. The summed E-state index contributed by atoms with van der Waals surface area (Å²) < 4.78 is 22.0. The molecule has 6 heteroatoms. The van der Waals surface area contributed by atoms with E-state index in [-0.39, 0.29) is 17.3 Å². The first-order valence-corrected chi connectivity index (χ1v) is 7.33. The number of pyridine rings is 1. The summed E-state index contributed by atoms with van der Waals surface area (Å²) in [6.07, 6.45) is 0. The zero-order chi connectivity index (χ0) is 16.5. The Morgan fingerprint density at radius 2 is 1.62 bits per heavy atom. The maximum absolute atomic E-state index is 13.8. The van der Waals surface area contributed by atoms with Gasteiger partial charge in [-0.2, -0.15) is 4.68 Å². The van der Waals surface area contributed by atoms with Gasteiger partial charge < -0.3 is 4.74 Å². The van der Waals surface area contributed by atoms with E-state index in [0.29, 0.717) is 11.3 Å². The number of para-hydroxylation sites is 2. The van der Waals surface area contributed by atoms with Gasteiger partial charge in [0.2, 0.25) is 5.88 Å². The summed E-state index contributed by atoms with van der Waals surface area (Å²) >= 11 is 0. The minimum atomic E-state index is -0.502. The van der Waals surface area contributed by atoms with Crippen LogP contribution in [0.4, 0.5) is 4.39 Å². The molecule has 0 amide bonds. The third kappa shape index (κ3) is 2.34. The van der Waals surface area contributed by atoms with Crippen molar-refractivity contribution in [2.75, 3.05) is 0 Å². The van der Waals surface area contributed by atoms with Gasteiger partial charge in [0.15, 0.2) is 17.2 Å². The van der Waals surface area contributed by atoms with Crippen molar-refractivity contribution in [3.8, 4) is 17.3 Å². The van der Waals surface area contributed by atoms with E-state index in [1.807, 2.05) is 18.2 Å². The minimum absolute atomic E-state index is 0.0457. The molecule has 0 bridgehead atoms. The van der Waals surface area contributed by atoms with Gasteiger partial charge in [0.05, 0.1) is 5.69 Å². The summed E-state index contributed by atoms with van der Waals surface area (Å²) in [5, 5.41) is 4.30. The lowest BCUT2D eigenvalue weighted by Gasteiger charge is -2.07. The lowest BCUT2D eigenvalue weighted by atomic mass is 10.3. The summed E-state index contributed by atoms with van der Waals surface area (Å²) in [4.78, 5) is 12.7. The molecule has 0 unspecified atom stereocenters. The van der Waals surface area contributed by atoms with E-state index in [2.05, 4.69) is 5.10 Å². The van der Waals surface area contributed by atoms with E-state index >= 15 is 0 Å². The van der Waals surface area contributed by atoms with Gasteiger partial charge in [-0.25, -0.2) is 13.6 Å². The second kappa shape index (κ2) is 5.66. The number of rotatable bonds is 3. The van der Waals surface area contributed by atoms with Crippen LogP contribution in [0.5, 0.6) is 11.6 Å². The van der Waals surface area contributed by atoms with E-state index in [4.69, 9.17) is 4.74 Å². The molecular weight excluding hydrogens is 309 g/mol. The molecule has 0 atom stereocenters. The van der Waals surface area contributed by atoms with Gasteiger partial charge in [-0.05, 0) is 36.4 Å². The van der Waals surface area contributed by atoms with E-state index in [1.165, 1.54) is 21.2 Å². The van der Waals surface area contributed by atoms with Gasteiger partial charge >= 0.3 is 5.69 Å². The van der Waals surface area contributed by atoms with Crippen LogP contribution in [0.2, 0.25) is 0 Å². The van der Waals surface area contributed by atoms with E-state index in [9.17, 15) is 9.18 Å². The zero-order valence-electron chi connectivity index (χ0n) is 12.5. The third-order valence-electron chi connectivity index (χ3n) is 3.56. The van der Waals surface area contributed by atoms with E-state index in [1.54, 1.807) is 42.5 Å². The number of fused-ring (bicyclic) bond motifs is 1. The normalized spacial score (nSPS) is 10.9. The molecule has 0 spiro atoms. The lowest BCUT2D eigenvalue weighted by Crippen LogP contribution is -2.20. The van der Waals surface area contributed by atoms with Gasteiger partial charge in [0.25, 0.3) is 0 Å². The highest BCUT2D eigenvalue weighted by molar-refractivity contribution is 5.44. The van der Waals surface area contributed by atoms with Gasteiger partial charge in [0.1, 0.15) is 0 Å². The number of benzene rings is 2. The first-order valence-electron chi connectivity index (χ1n) is 7.33. The molecule has 0 saturated carbocycles. The van der Waals surface area contributed by atoms with Crippen LogP contribution in [-0.4, -0.2) is 14.2 Å². The monoisotopic (exact) mass is 321 g/mol. The van der Waals surface area contributed by atoms with Gasteiger partial charge in [-0.15, -0.1) is 5.10 Å². The maximum atomic E-state index is 13.8.